The quantitative estimate of drug-likeness (QED) is 0.178. The molecule has 0 saturated carbocycles. The number of nitrogens with one attached hydrogen (secondary N) is 2. The van der Waals surface area contributed by atoms with Crippen LogP contribution in [0.5, 0.6) is 5.75 Å². The molecule has 49 heavy (non-hydrogen) atoms. The molecular formula is C41H27N7O. The van der Waals surface area contributed by atoms with Gasteiger partial charge >= 0.3 is 0 Å². The minimum absolute atomic E-state index is 0.194. The fraction of sp³-hybridized carbons (Fsp3) is 0. The van der Waals surface area contributed by atoms with Crippen molar-refractivity contribution in [3.8, 4) is 50.6 Å². The lowest BCUT2D eigenvalue weighted by Crippen LogP contribution is -1.91. The first kappa shape index (κ1) is 28.3. The average Bonchev–Trinajstić information content (AvgIpc) is 3.98. The van der Waals surface area contributed by atoms with Gasteiger partial charge in [0.2, 0.25) is 0 Å². The molecule has 0 atom stereocenters. The summed E-state index contributed by atoms with van der Waals surface area (Å²) >= 11 is 0. The van der Waals surface area contributed by atoms with E-state index in [0.717, 1.165) is 89.7 Å². The largest absolute Gasteiger partial charge is 0.508 e. The molecule has 0 radical (unpaired) electrons. The molecule has 8 heteroatoms. The summed E-state index contributed by atoms with van der Waals surface area (Å²) in [7, 11) is 0. The van der Waals surface area contributed by atoms with E-state index in [4.69, 9.17) is 24.9 Å². The Balaban J connectivity index is 1.48. The molecule has 2 aliphatic heterocycles. The van der Waals surface area contributed by atoms with E-state index < -0.39 is 0 Å². The van der Waals surface area contributed by atoms with Crippen molar-refractivity contribution in [2.75, 3.05) is 0 Å². The molecule has 8 heterocycles. The minimum atomic E-state index is 0.194. The van der Waals surface area contributed by atoms with Gasteiger partial charge in [0.25, 0.3) is 0 Å². The number of phenolic OH excluding ortho intramolecular Hbond substituents is 1. The van der Waals surface area contributed by atoms with Gasteiger partial charge in [0.1, 0.15) is 5.75 Å². The molecule has 1 aromatic carbocycles. The molecule has 0 fully saturated rings. The molecule has 0 amide bonds. The summed E-state index contributed by atoms with van der Waals surface area (Å²) in [6.45, 7) is 0. The number of pyridine rings is 3. The number of aromatic nitrogens is 7. The lowest BCUT2D eigenvalue weighted by Gasteiger charge is -2.06. The lowest BCUT2D eigenvalue weighted by molar-refractivity contribution is 0.475. The normalized spacial score (nSPS) is 12.0. The molecule has 2 aliphatic rings. The second-order valence-electron chi connectivity index (χ2n) is 11.7. The molecule has 8 bridgehead atoms. The van der Waals surface area contributed by atoms with Crippen molar-refractivity contribution in [3.63, 3.8) is 0 Å². The monoisotopic (exact) mass is 633 g/mol. The van der Waals surface area contributed by atoms with Crippen molar-refractivity contribution in [2.24, 2.45) is 0 Å². The molecule has 0 saturated heterocycles. The Morgan fingerprint density at radius 3 is 1.12 bits per heavy atom. The van der Waals surface area contributed by atoms with Crippen LogP contribution in [0.1, 0.15) is 22.8 Å². The Bertz CT molecular complexity index is 2550. The van der Waals surface area contributed by atoms with Gasteiger partial charge in [0.15, 0.2) is 0 Å². The summed E-state index contributed by atoms with van der Waals surface area (Å²) in [5.41, 5.74) is 13.3. The number of aromatic hydroxyl groups is 1. The lowest BCUT2D eigenvalue weighted by atomic mass is 10.0. The van der Waals surface area contributed by atoms with Gasteiger partial charge in [0, 0.05) is 46.4 Å². The number of rotatable bonds is 4. The van der Waals surface area contributed by atoms with Crippen LogP contribution in [0.25, 0.3) is 91.3 Å². The van der Waals surface area contributed by atoms with Crippen LogP contribution >= 0.6 is 0 Å². The van der Waals surface area contributed by atoms with Gasteiger partial charge < -0.3 is 15.1 Å². The topological polar surface area (TPSA) is 116 Å². The molecule has 8 nitrogen and oxygen atoms in total. The Hall–Kier alpha value is -6.93. The van der Waals surface area contributed by atoms with Crippen LogP contribution in [-0.2, 0) is 0 Å². The number of phenols is 1. The fourth-order valence-corrected chi connectivity index (χ4v) is 6.48. The standard InChI is InChI=1S/C41H27N7O/c49-26-12-10-25(11-13-26)38-30-14-16-32(45-30)39(27-7-1-4-22-42-27)34-18-20-36(47-34)41(29-9-3-6-24-44-29)37-21-19-35(48-37)40(28-8-2-5-23-43-28)33-17-15-31(38)46-33/h1-24,45,48-49H. The number of fused-ring (bicyclic) bond motifs is 8. The number of benzene rings is 1. The van der Waals surface area contributed by atoms with E-state index in [1.165, 1.54) is 0 Å². The highest BCUT2D eigenvalue weighted by atomic mass is 16.3. The molecule has 232 valence electrons. The van der Waals surface area contributed by atoms with Crippen LogP contribution in [0.4, 0.5) is 0 Å². The van der Waals surface area contributed by atoms with Crippen LogP contribution in [0.15, 0.2) is 122 Å². The van der Waals surface area contributed by atoms with Gasteiger partial charge in [-0.2, -0.15) is 0 Å². The average molecular weight is 634 g/mol. The van der Waals surface area contributed by atoms with Crippen LogP contribution in [0.3, 0.4) is 0 Å². The smallest absolute Gasteiger partial charge is 0.115 e. The Kier molecular flexibility index (Phi) is 6.76. The highest BCUT2D eigenvalue weighted by Crippen LogP contribution is 2.37. The van der Waals surface area contributed by atoms with E-state index in [9.17, 15) is 5.11 Å². The van der Waals surface area contributed by atoms with Crippen molar-refractivity contribution in [3.05, 3.63) is 144 Å². The van der Waals surface area contributed by atoms with Gasteiger partial charge in [-0.1, -0.05) is 30.3 Å². The number of hydrogen-bond acceptors (Lipinski definition) is 6. The Labute approximate surface area is 280 Å². The molecule has 0 aliphatic carbocycles. The Morgan fingerprint density at radius 1 is 0.388 bits per heavy atom. The maximum atomic E-state index is 10.1. The third kappa shape index (κ3) is 5.08. The van der Waals surface area contributed by atoms with E-state index >= 15 is 0 Å². The molecule has 0 spiro atoms. The molecule has 6 aromatic heterocycles. The van der Waals surface area contributed by atoms with Crippen molar-refractivity contribution in [1.82, 2.24) is 34.9 Å². The molecular weight excluding hydrogens is 606 g/mol. The summed E-state index contributed by atoms with van der Waals surface area (Å²) in [5, 5.41) is 10.1. The highest BCUT2D eigenvalue weighted by Gasteiger charge is 2.19. The van der Waals surface area contributed by atoms with Crippen LogP contribution in [0.2, 0.25) is 0 Å². The predicted molar refractivity (Wildman–Crippen MR) is 196 cm³/mol. The predicted octanol–water partition coefficient (Wildman–Crippen LogP) is 9.21. The van der Waals surface area contributed by atoms with Crippen molar-refractivity contribution in [2.45, 2.75) is 0 Å². The fourth-order valence-electron chi connectivity index (χ4n) is 6.48. The summed E-state index contributed by atoms with van der Waals surface area (Å²) in [6, 6.07) is 33.1. The van der Waals surface area contributed by atoms with Gasteiger partial charge in [-0.15, -0.1) is 0 Å². The second kappa shape index (κ2) is 11.7. The maximum Gasteiger partial charge on any atom is 0.115 e. The molecule has 9 rings (SSSR count). The van der Waals surface area contributed by atoms with Crippen molar-refractivity contribution >= 4 is 46.4 Å². The first-order valence-corrected chi connectivity index (χ1v) is 15.9. The van der Waals surface area contributed by atoms with E-state index in [-0.39, 0.29) is 5.75 Å². The number of hydrogen-bond donors (Lipinski definition) is 3. The van der Waals surface area contributed by atoms with Gasteiger partial charge in [0.05, 0.1) is 56.4 Å². The second-order valence-corrected chi connectivity index (χ2v) is 11.7. The summed E-state index contributed by atoms with van der Waals surface area (Å²) in [4.78, 5) is 32.1. The third-order valence-electron chi connectivity index (χ3n) is 8.67. The summed E-state index contributed by atoms with van der Waals surface area (Å²) in [5.74, 6) is 0.194. The van der Waals surface area contributed by atoms with Gasteiger partial charge in [-0.05, 0) is 103 Å². The van der Waals surface area contributed by atoms with Crippen molar-refractivity contribution < 1.29 is 5.11 Å². The first-order valence-electron chi connectivity index (χ1n) is 15.9. The van der Waals surface area contributed by atoms with Gasteiger partial charge in [-0.25, -0.2) is 9.97 Å². The molecule has 7 aromatic rings. The zero-order valence-corrected chi connectivity index (χ0v) is 26.0. The summed E-state index contributed by atoms with van der Waals surface area (Å²) < 4.78 is 0. The molecule has 3 N–H and O–H groups in total. The van der Waals surface area contributed by atoms with Crippen LogP contribution < -0.4 is 0 Å². The Morgan fingerprint density at radius 2 is 0.755 bits per heavy atom. The van der Waals surface area contributed by atoms with E-state index in [2.05, 4.69) is 34.2 Å². The minimum Gasteiger partial charge on any atom is -0.508 e. The zero-order valence-electron chi connectivity index (χ0n) is 26.0. The zero-order chi connectivity index (χ0) is 32.7. The van der Waals surface area contributed by atoms with Gasteiger partial charge in [-0.3, -0.25) is 15.0 Å². The van der Waals surface area contributed by atoms with E-state index in [1.54, 1.807) is 30.7 Å². The number of aromatic amines is 2. The number of nitrogens with zero attached hydrogens (tertiary/aromatic N) is 5. The third-order valence-corrected chi connectivity index (χ3v) is 8.67. The maximum absolute atomic E-state index is 10.1. The molecule has 0 unspecified atom stereocenters. The van der Waals surface area contributed by atoms with Crippen LogP contribution in [-0.4, -0.2) is 40.0 Å². The highest BCUT2D eigenvalue weighted by molar-refractivity contribution is 5.98. The SMILES string of the molecule is Oc1ccc(-c2c3nc(c(-c4ccccn4)c4ccc([nH]4)c(-c4ccccn4)c4nc(c(-c5ccccn5)c5ccc2[nH]5)C=C4)C=C3)cc1. The van der Waals surface area contributed by atoms with Crippen molar-refractivity contribution in [1.29, 1.82) is 0 Å². The van der Waals surface area contributed by atoms with Crippen LogP contribution in [0, 0.1) is 0 Å². The number of H-pyrrole nitrogens is 2. The van der Waals surface area contributed by atoms with E-state index in [1.807, 2.05) is 91.0 Å². The summed E-state index contributed by atoms with van der Waals surface area (Å²) in [6.07, 6.45) is 13.5. The van der Waals surface area contributed by atoms with E-state index in [0.29, 0.717) is 0 Å². The first-order chi connectivity index (χ1) is 24.2.